The molecule has 0 atom stereocenters. The van der Waals surface area contributed by atoms with Gasteiger partial charge in [0, 0.05) is 6.20 Å². The number of hydrogen-bond donors (Lipinski definition) is 0. The number of carbonyl (C=O) groups excluding carboxylic acids is 1. The molecule has 17 heavy (non-hydrogen) atoms. The summed E-state index contributed by atoms with van der Waals surface area (Å²) in [4.78, 5) is 16.8. The molecule has 0 aromatic carbocycles. The van der Waals surface area contributed by atoms with Crippen LogP contribution in [0.5, 0.6) is 0 Å². The van der Waals surface area contributed by atoms with E-state index in [-0.39, 0.29) is 5.97 Å². The van der Waals surface area contributed by atoms with Crippen LogP contribution in [-0.4, -0.2) is 17.6 Å². The van der Waals surface area contributed by atoms with E-state index >= 15 is 0 Å². The minimum Gasteiger partial charge on any atom is -0.466 e. The van der Waals surface area contributed by atoms with Crippen molar-refractivity contribution in [3.63, 3.8) is 0 Å². The molecule has 0 saturated heterocycles. The Kier molecular flexibility index (Phi) is 3.88. The van der Waals surface area contributed by atoms with Gasteiger partial charge in [0.05, 0.1) is 23.6 Å². The quantitative estimate of drug-likeness (QED) is 0.780. The molecule has 2 rings (SSSR count). The first-order valence-corrected chi connectivity index (χ1v) is 6.32. The molecule has 0 saturated carbocycles. The molecule has 0 aliphatic heterocycles. The number of rotatable bonds is 4. The lowest BCUT2D eigenvalue weighted by Gasteiger charge is -2.03. The molecule has 0 aliphatic rings. The van der Waals surface area contributed by atoms with Gasteiger partial charge < -0.3 is 4.74 Å². The first-order valence-electron chi connectivity index (χ1n) is 5.44. The van der Waals surface area contributed by atoms with Crippen LogP contribution in [0.2, 0.25) is 0 Å². The van der Waals surface area contributed by atoms with E-state index < -0.39 is 0 Å². The number of hydrogen-bond acceptors (Lipinski definition) is 4. The van der Waals surface area contributed by atoms with Gasteiger partial charge in [-0.3, -0.25) is 9.78 Å². The summed E-state index contributed by atoms with van der Waals surface area (Å²) in [5.74, 6) is -0.192. The normalized spacial score (nSPS) is 10.2. The van der Waals surface area contributed by atoms with Crippen molar-refractivity contribution in [1.82, 2.24) is 4.98 Å². The second kappa shape index (κ2) is 5.59. The van der Waals surface area contributed by atoms with Gasteiger partial charge >= 0.3 is 5.97 Å². The number of ether oxygens (including phenoxy) is 1. The standard InChI is InChI=1S/C13H13NO2S/c1-2-16-12(15)9-10-6-8-17-13(10)11-5-3-4-7-14-11/h3-8H,2,9H2,1H3. The molecule has 2 heterocycles. The molecule has 0 aliphatic carbocycles. The van der Waals surface area contributed by atoms with Crippen LogP contribution in [0.15, 0.2) is 35.8 Å². The van der Waals surface area contributed by atoms with E-state index in [0.717, 1.165) is 16.1 Å². The molecule has 2 aromatic heterocycles. The summed E-state index contributed by atoms with van der Waals surface area (Å²) in [6, 6.07) is 7.71. The second-order valence-corrected chi connectivity index (χ2v) is 4.39. The molecule has 0 spiro atoms. The molecule has 0 N–H and O–H groups in total. The number of nitrogens with zero attached hydrogens (tertiary/aromatic N) is 1. The van der Waals surface area contributed by atoms with Gasteiger partial charge in [-0.1, -0.05) is 6.07 Å². The molecule has 0 unspecified atom stereocenters. The Balaban J connectivity index is 2.20. The van der Waals surface area contributed by atoms with Gasteiger partial charge in [0.15, 0.2) is 0 Å². The van der Waals surface area contributed by atoms with E-state index in [0.29, 0.717) is 13.0 Å². The highest BCUT2D eigenvalue weighted by atomic mass is 32.1. The largest absolute Gasteiger partial charge is 0.466 e. The SMILES string of the molecule is CCOC(=O)Cc1ccsc1-c1ccccn1. The lowest BCUT2D eigenvalue weighted by molar-refractivity contribution is -0.142. The molecular formula is C13H13NO2S. The Labute approximate surface area is 104 Å². The molecule has 3 nitrogen and oxygen atoms in total. The lowest BCUT2D eigenvalue weighted by Crippen LogP contribution is -2.07. The minimum atomic E-state index is -0.192. The van der Waals surface area contributed by atoms with E-state index in [1.807, 2.05) is 36.6 Å². The average Bonchev–Trinajstić information content (AvgIpc) is 2.78. The Morgan fingerprint density at radius 2 is 2.29 bits per heavy atom. The van der Waals surface area contributed by atoms with Crippen molar-refractivity contribution in [1.29, 1.82) is 0 Å². The Hall–Kier alpha value is -1.68. The molecule has 0 bridgehead atoms. The third-order valence-electron chi connectivity index (χ3n) is 2.28. The van der Waals surface area contributed by atoms with Crippen LogP contribution in [0.4, 0.5) is 0 Å². The maximum Gasteiger partial charge on any atom is 0.310 e. The Morgan fingerprint density at radius 3 is 3.00 bits per heavy atom. The van der Waals surface area contributed by atoms with Crippen LogP contribution in [-0.2, 0) is 16.0 Å². The van der Waals surface area contributed by atoms with Gasteiger partial charge in [0.1, 0.15) is 0 Å². The van der Waals surface area contributed by atoms with Crippen molar-refractivity contribution in [2.24, 2.45) is 0 Å². The molecule has 0 fully saturated rings. The summed E-state index contributed by atoms with van der Waals surface area (Å²) in [6.07, 6.45) is 2.06. The zero-order valence-corrected chi connectivity index (χ0v) is 10.4. The smallest absolute Gasteiger partial charge is 0.310 e. The van der Waals surface area contributed by atoms with Crippen molar-refractivity contribution in [3.05, 3.63) is 41.4 Å². The van der Waals surface area contributed by atoms with Crippen LogP contribution in [0.25, 0.3) is 10.6 Å². The number of aromatic nitrogens is 1. The third kappa shape index (κ3) is 2.91. The number of esters is 1. The van der Waals surface area contributed by atoms with E-state index in [4.69, 9.17) is 4.74 Å². The van der Waals surface area contributed by atoms with Crippen molar-refractivity contribution in [2.45, 2.75) is 13.3 Å². The fraction of sp³-hybridized carbons (Fsp3) is 0.231. The maximum atomic E-state index is 11.5. The van der Waals surface area contributed by atoms with E-state index in [2.05, 4.69) is 4.98 Å². The first-order chi connectivity index (χ1) is 8.31. The predicted octanol–water partition coefficient (Wildman–Crippen LogP) is 2.92. The Bertz CT molecular complexity index is 493. The van der Waals surface area contributed by atoms with Gasteiger partial charge in [-0.2, -0.15) is 0 Å². The van der Waals surface area contributed by atoms with Crippen molar-refractivity contribution in [3.8, 4) is 10.6 Å². The number of thiophene rings is 1. The molecular weight excluding hydrogens is 234 g/mol. The molecule has 4 heteroatoms. The Morgan fingerprint density at radius 1 is 1.41 bits per heavy atom. The fourth-order valence-corrected chi connectivity index (χ4v) is 2.47. The van der Waals surface area contributed by atoms with Crippen LogP contribution < -0.4 is 0 Å². The lowest BCUT2D eigenvalue weighted by atomic mass is 10.1. The topological polar surface area (TPSA) is 39.2 Å². The monoisotopic (exact) mass is 247 g/mol. The van der Waals surface area contributed by atoms with Crippen molar-refractivity contribution in [2.75, 3.05) is 6.61 Å². The summed E-state index contributed by atoms with van der Waals surface area (Å²) >= 11 is 1.59. The average molecular weight is 247 g/mol. The molecule has 0 radical (unpaired) electrons. The van der Waals surface area contributed by atoms with Crippen molar-refractivity contribution < 1.29 is 9.53 Å². The maximum absolute atomic E-state index is 11.5. The highest BCUT2D eigenvalue weighted by molar-refractivity contribution is 7.13. The van der Waals surface area contributed by atoms with Crippen LogP contribution in [0.3, 0.4) is 0 Å². The molecule has 0 amide bonds. The van der Waals surface area contributed by atoms with E-state index in [1.54, 1.807) is 17.5 Å². The van der Waals surface area contributed by atoms with E-state index in [9.17, 15) is 4.79 Å². The second-order valence-electron chi connectivity index (χ2n) is 3.47. The predicted molar refractivity (Wildman–Crippen MR) is 67.9 cm³/mol. The summed E-state index contributed by atoms with van der Waals surface area (Å²) in [5.41, 5.74) is 1.88. The van der Waals surface area contributed by atoms with Crippen LogP contribution in [0.1, 0.15) is 12.5 Å². The van der Waals surface area contributed by atoms with Gasteiger partial charge in [-0.05, 0) is 36.1 Å². The summed E-state index contributed by atoms with van der Waals surface area (Å²) in [7, 11) is 0. The number of pyridine rings is 1. The van der Waals surface area contributed by atoms with Crippen LogP contribution >= 0.6 is 11.3 Å². The van der Waals surface area contributed by atoms with Gasteiger partial charge in [0.25, 0.3) is 0 Å². The summed E-state index contributed by atoms with van der Waals surface area (Å²) in [6.45, 7) is 2.23. The highest BCUT2D eigenvalue weighted by Crippen LogP contribution is 2.28. The molecule has 88 valence electrons. The van der Waals surface area contributed by atoms with E-state index in [1.165, 1.54) is 0 Å². The first kappa shape index (κ1) is 11.8. The zero-order chi connectivity index (χ0) is 12.1. The highest BCUT2D eigenvalue weighted by Gasteiger charge is 2.12. The van der Waals surface area contributed by atoms with Crippen molar-refractivity contribution >= 4 is 17.3 Å². The zero-order valence-electron chi connectivity index (χ0n) is 9.55. The minimum absolute atomic E-state index is 0.192. The van der Waals surface area contributed by atoms with Gasteiger partial charge in [-0.15, -0.1) is 11.3 Å². The fourth-order valence-electron chi connectivity index (χ4n) is 1.56. The van der Waals surface area contributed by atoms with Gasteiger partial charge in [-0.25, -0.2) is 0 Å². The third-order valence-corrected chi connectivity index (χ3v) is 3.26. The summed E-state index contributed by atoms with van der Waals surface area (Å²) < 4.78 is 4.95. The number of carbonyl (C=O) groups is 1. The van der Waals surface area contributed by atoms with Gasteiger partial charge in [0.2, 0.25) is 0 Å². The summed E-state index contributed by atoms with van der Waals surface area (Å²) in [5, 5.41) is 1.97. The molecule has 2 aromatic rings. The van der Waals surface area contributed by atoms with Crippen LogP contribution in [0, 0.1) is 0 Å².